The Labute approximate surface area is 89.0 Å². The van der Waals surface area contributed by atoms with Crippen molar-refractivity contribution in [3.05, 3.63) is 29.3 Å². The van der Waals surface area contributed by atoms with E-state index < -0.39 is 29.0 Å². The summed E-state index contributed by atoms with van der Waals surface area (Å²) in [7, 11) is 0. The van der Waals surface area contributed by atoms with Crippen molar-refractivity contribution in [1.82, 2.24) is 0 Å². The van der Waals surface area contributed by atoms with Crippen molar-refractivity contribution in [2.24, 2.45) is 4.99 Å². The minimum atomic E-state index is -1.44. The van der Waals surface area contributed by atoms with E-state index in [1.54, 1.807) is 0 Å². The molecule has 1 aromatic carbocycles. The molecule has 0 aliphatic carbocycles. The Hall–Kier alpha value is -1.59. The molecular weight excluding hydrogens is 224 g/mol. The second-order valence-electron chi connectivity index (χ2n) is 3.40. The molecular formula is C10H8F4N2. The molecule has 1 aliphatic rings. The number of hydrogen-bond donors (Lipinski definition) is 1. The van der Waals surface area contributed by atoms with Gasteiger partial charge >= 0.3 is 0 Å². The summed E-state index contributed by atoms with van der Waals surface area (Å²) in [5.74, 6) is -5.40. The van der Waals surface area contributed by atoms with Crippen LogP contribution in [0.15, 0.2) is 11.1 Å². The standard InChI is InChI=1S/C10H8F4N2/c11-5-4-6(12)9(14)10(8(5)13)16-7-2-1-3-15-7/h4H,1-3H2,(H,15,16). The third-order valence-corrected chi connectivity index (χ3v) is 2.26. The van der Waals surface area contributed by atoms with E-state index in [0.29, 0.717) is 18.8 Å². The predicted octanol–water partition coefficient (Wildman–Crippen LogP) is 2.85. The first-order valence-corrected chi connectivity index (χ1v) is 4.73. The van der Waals surface area contributed by atoms with E-state index >= 15 is 0 Å². The van der Waals surface area contributed by atoms with Gasteiger partial charge in [0.2, 0.25) is 0 Å². The van der Waals surface area contributed by atoms with Crippen LogP contribution in [0.2, 0.25) is 0 Å². The molecule has 0 fully saturated rings. The lowest BCUT2D eigenvalue weighted by Gasteiger charge is -2.09. The molecule has 1 aromatic rings. The molecule has 2 nitrogen and oxygen atoms in total. The van der Waals surface area contributed by atoms with Crippen LogP contribution in [0.5, 0.6) is 0 Å². The smallest absolute Gasteiger partial charge is 0.185 e. The Morgan fingerprint density at radius 2 is 1.69 bits per heavy atom. The molecule has 0 bridgehead atoms. The zero-order chi connectivity index (χ0) is 11.7. The first-order chi connectivity index (χ1) is 7.59. The van der Waals surface area contributed by atoms with Crippen molar-refractivity contribution in [3.8, 4) is 0 Å². The zero-order valence-electron chi connectivity index (χ0n) is 8.16. The van der Waals surface area contributed by atoms with Crippen molar-refractivity contribution < 1.29 is 17.6 Å². The number of aliphatic imine (C=N–C) groups is 1. The van der Waals surface area contributed by atoms with Gasteiger partial charge in [0.15, 0.2) is 23.3 Å². The quantitative estimate of drug-likeness (QED) is 0.584. The maximum absolute atomic E-state index is 13.2. The molecule has 16 heavy (non-hydrogen) atoms. The van der Waals surface area contributed by atoms with Crippen molar-refractivity contribution >= 4 is 11.5 Å². The van der Waals surface area contributed by atoms with Gasteiger partial charge in [0, 0.05) is 19.0 Å². The minimum Gasteiger partial charge on any atom is -0.339 e. The summed E-state index contributed by atoms with van der Waals surface area (Å²) in [5, 5.41) is 2.28. The first-order valence-electron chi connectivity index (χ1n) is 4.73. The van der Waals surface area contributed by atoms with E-state index in [2.05, 4.69) is 10.3 Å². The van der Waals surface area contributed by atoms with Gasteiger partial charge in [-0.1, -0.05) is 0 Å². The largest absolute Gasteiger partial charge is 0.339 e. The average Bonchev–Trinajstić information content (AvgIpc) is 2.74. The fraction of sp³-hybridized carbons (Fsp3) is 0.300. The monoisotopic (exact) mass is 232 g/mol. The molecule has 0 aromatic heterocycles. The van der Waals surface area contributed by atoms with Crippen LogP contribution in [0.1, 0.15) is 12.8 Å². The van der Waals surface area contributed by atoms with Gasteiger partial charge < -0.3 is 5.32 Å². The summed E-state index contributed by atoms with van der Waals surface area (Å²) in [5.41, 5.74) is -0.821. The van der Waals surface area contributed by atoms with Crippen LogP contribution in [0.25, 0.3) is 0 Å². The number of nitrogens with zero attached hydrogens (tertiary/aromatic N) is 1. The molecule has 0 saturated heterocycles. The lowest BCUT2D eigenvalue weighted by Crippen LogP contribution is -2.13. The second kappa shape index (κ2) is 4.11. The van der Waals surface area contributed by atoms with Crippen molar-refractivity contribution in [1.29, 1.82) is 0 Å². The number of amidine groups is 1. The fourth-order valence-corrected chi connectivity index (χ4v) is 1.47. The number of nitrogens with one attached hydrogen (secondary N) is 1. The van der Waals surface area contributed by atoms with Crippen LogP contribution in [-0.4, -0.2) is 12.4 Å². The Morgan fingerprint density at radius 1 is 1.06 bits per heavy atom. The fourth-order valence-electron chi connectivity index (χ4n) is 1.47. The molecule has 2 rings (SSSR count). The van der Waals surface area contributed by atoms with E-state index in [4.69, 9.17) is 0 Å². The van der Waals surface area contributed by atoms with Crippen LogP contribution < -0.4 is 5.32 Å². The highest BCUT2D eigenvalue weighted by Crippen LogP contribution is 2.25. The molecule has 1 N–H and O–H groups in total. The van der Waals surface area contributed by atoms with Gasteiger partial charge in [-0.2, -0.15) is 0 Å². The molecule has 0 amide bonds. The van der Waals surface area contributed by atoms with Gasteiger partial charge in [0.1, 0.15) is 11.5 Å². The number of rotatable bonds is 1. The van der Waals surface area contributed by atoms with Gasteiger partial charge in [-0.3, -0.25) is 4.99 Å². The van der Waals surface area contributed by atoms with E-state index in [-0.39, 0.29) is 6.07 Å². The lowest BCUT2D eigenvalue weighted by atomic mass is 10.2. The van der Waals surface area contributed by atoms with Crippen LogP contribution in [-0.2, 0) is 0 Å². The van der Waals surface area contributed by atoms with Crippen LogP contribution in [0, 0.1) is 23.3 Å². The SMILES string of the molecule is Fc1cc(F)c(F)c(NC2=NCCC2)c1F. The molecule has 0 spiro atoms. The summed E-state index contributed by atoms with van der Waals surface area (Å²) in [6.45, 7) is 0.545. The summed E-state index contributed by atoms with van der Waals surface area (Å²) in [4.78, 5) is 3.90. The van der Waals surface area contributed by atoms with Gasteiger partial charge in [-0.15, -0.1) is 0 Å². The van der Waals surface area contributed by atoms with Crippen molar-refractivity contribution in [2.45, 2.75) is 12.8 Å². The highest BCUT2D eigenvalue weighted by Gasteiger charge is 2.20. The molecule has 1 aliphatic heterocycles. The normalized spacial score (nSPS) is 15.1. The summed E-state index contributed by atoms with van der Waals surface area (Å²) < 4.78 is 52.1. The Kier molecular flexibility index (Phi) is 2.80. The number of anilines is 1. The number of hydrogen-bond acceptors (Lipinski definition) is 2. The maximum atomic E-state index is 13.2. The van der Waals surface area contributed by atoms with Crippen LogP contribution >= 0.6 is 0 Å². The van der Waals surface area contributed by atoms with Gasteiger partial charge in [0.05, 0.1) is 0 Å². The number of halogens is 4. The Bertz CT molecular complexity index is 430. The molecule has 6 heteroatoms. The average molecular weight is 232 g/mol. The summed E-state index contributed by atoms with van der Waals surface area (Å²) >= 11 is 0. The molecule has 1 heterocycles. The second-order valence-corrected chi connectivity index (χ2v) is 3.40. The van der Waals surface area contributed by atoms with E-state index in [9.17, 15) is 17.6 Å². The predicted molar refractivity (Wildman–Crippen MR) is 51.4 cm³/mol. The van der Waals surface area contributed by atoms with Crippen LogP contribution in [0.3, 0.4) is 0 Å². The molecule has 0 atom stereocenters. The minimum absolute atomic E-state index is 0.173. The van der Waals surface area contributed by atoms with E-state index in [1.807, 2.05) is 0 Å². The van der Waals surface area contributed by atoms with E-state index in [1.165, 1.54) is 0 Å². The van der Waals surface area contributed by atoms with Crippen molar-refractivity contribution in [2.75, 3.05) is 11.9 Å². The molecule has 86 valence electrons. The summed E-state index contributed by atoms with van der Waals surface area (Å²) in [6, 6.07) is 0.173. The van der Waals surface area contributed by atoms with E-state index in [0.717, 1.165) is 6.42 Å². The lowest BCUT2D eigenvalue weighted by molar-refractivity contribution is 0.459. The molecule has 0 radical (unpaired) electrons. The Morgan fingerprint density at radius 3 is 2.19 bits per heavy atom. The van der Waals surface area contributed by atoms with Crippen LogP contribution in [0.4, 0.5) is 23.2 Å². The van der Waals surface area contributed by atoms with Gasteiger partial charge in [-0.05, 0) is 6.42 Å². The highest BCUT2D eigenvalue weighted by atomic mass is 19.2. The van der Waals surface area contributed by atoms with Gasteiger partial charge in [0.25, 0.3) is 0 Å². The third kappa shape index (κ3) is 1.87. The first kappa shape index (κ1) is 10.9. The summed E-state index contributed by atoms with van der Waals surface area (Å²) in [6.07, 6.45) is 1.26. The number of benzene rings is 1. The molecule has 0 saturated carbocycles. The topological polar surface area (TPSA) is 24.4 Å². The highest BCUT2D eigenvalue weighted by molar-refractivity contribution is 5.96. The van der Waals surface area contributed by atoms with Gasteiger partial charge in [-0.25, -0.2) is 17.6 Å². The Balaban J connectivity index is 2.38. The third-order valence-electron chi connectivity index (χ3n) is 2.26. The maximum Gasteiger partial charge on any atom is 0.185 e. The van der Waals surface area contributed by atoms with Crippen molar-refractivity contribution in [3.63, 3.8) is 0 Å². The zero-order valence-corrected chi connectivity index (χ0v) is 8.16. The molecule has 0 unspecified atom stereocenters.